The zero-order valence-electron chi connectivity index (χ0n) is 10.6. The molecule has 1 aromatic heterocycles. The Balaban J connectivity index is 1.55. The molecule has 2 aliphatic rings. The fraction of sp³-hybridized carbons (Fsp3) is 0.750. The monoisotopic (exact) mass is 250 g/mol. The van der Waals surface area contributed by atoms with Crippen LogP contribution in [0.1, 0.15) is 44.3 Å². The molecule has 0 unspecified atom stereocenters. The maximum atomic E-state index is 11.6. The third kappa shape index (κ3) is 2.32. The molecule has 1 aliphatic carbocycles. The fourth-order valence-corrected chi connectivity index (χ4v) is 2.30. The number of anilines is 1. The summed E-state index contributed by atoms with van der Waals surface area (Å²) in [7, 11) is 0. The van der Waals surface area contributed by atoms with Crippen molar-refractivity contribution in [2.45, 2.75) is 44.6 Å². The number of aromatic nitrogens is 2. The van der Waals surface area contributed by atoms with E-state index in [4.69, 9.17) is 4.52 Å². The van der Waals surface area contributed by atoms with Crippen LogP contribution in [0.3, 0.4) is 0 Å². The third-order valence-electron chi connectivity index (χ3n) is 3.56. The highest BCUT2D eigenvalue weighted by Gasteiger charge is 2.30. The number of rotatable bonds is 4. The SMILES string of the molecule is CCC(=O)N1CC[C@H](Nc2nc(C3CC3)no2)C1. The Bertz CT molecular complexity index is 441. The van der Waals surface area contributed by atoms with Crippen LogP contribution in [0.2, 0.25) is 0 Å². The second-order valence-corrected chi connectivity index (χ2v) is 5.06. The molecule has 98 valence electrons. The maximum absolute atomic E-state index is 11.6. The molecule has 0 aromatic carbocycles. The van der Waals surface area contributed by atoms with Crippen molar-refractivity contribution in [3.8, 4) is 0 Å². The van der Waals surface area contributed by atoms with E-state index in [1.54, 1.807) is 0 Å². The third-order valence-corrected chi connectivity index (χ3v) is 3.56. The first kappa shape index (κ1) is 11.5. The summed E-state index contributed by atoms with van der Waals surface area (Å²) in [4.78, 5) is 17.8. The van der Waals surface area contributed by atoms with E-state index in [1.165, 1.54) is 12.8 Å². The van der Waals surface area contributed by atoms with Crippen molar-refractivity contribution < 1.29 is 9.32 Å². The minimum atomic E-state index is 0.212. The van der Waals surface area contributed by atoms with Crippen LogP contribution in [0.5, 0.6) is 0 Å². The summed E-state index contributed by atoms with van der Waals surface area (Å²) in [5, 5.41) is 7.18. The van der Waals surface area contributed by atoms with Crippen LogP contribution in [0, 0.1) is 0 Å². The number of carbonyl (C=O) groups excluding carboxylic acids is 1. The Kier molecular flexibility index (Phi) is 2.93. The smallest absolute Gasteiger partial charge is 0.321 e. The molecule has 0 spiro atoms. The molecule has 0 bridgehead atoms. The molecule has 1 saturated carbocycles. The van der Waals surface area contributed by atoms with Crippen molar-refractivity contribution in [3.05, 3.63) is 5.82 Å². The van der Waals surface area contributed by atoms with E-state index in [0.717, 1.165) is 25.3 Å². The summed E-state index contributed by atoms with van der Waals surface area (Å²) >= 11 is 0. The predicted octanol–water partition coefficient (Wildman–Crippen LogP) is 1.37. The maximum Gasteiger partial charge on any atom is 0.321 e. The molecule has 2 fully saturated rings. The molecule has 6 heteroatoms. The van der Waals surface area contributed by atoms with Gasteiger partial charge in [-0.05, 0) is 19.3 Å². The summed E-state index contributed by atoms with van der Waals surface area (Å²) in [5.41, 5.74) is 0. The van der Waals surface area contributed by atoms with Gasteiger partial charge in [0.05, 0.1) is 0 Å². The quantitative estimate of drug-likeness (QED) is 0.873. The average Bonchev–Trinajstić information content (AvgIpc) is 2.96. The van der Waals surface area contributed by atoms with E-state index in [2.05, 4.69) is 15.5 Å². The van der Waals surface area contributed by atoms with Crippen molar-refractivity contribution in [2.75, 3.05) is 18.4 Å². The normalized spacial score (nSPS) is 23.4. The molecule has 0 radical (unpaired) electrons. The zero-order chi connectivity index (χ0) is 12.5. The topological polar surface area (TPSA) is 71.3 Å². The molecule has 3 rings (SSSR count). The van der Waals surface area contributed by atoms with Crippen molar-refractivity contribution >= 4 is 11.9 Å². The van der Waals surface area contributed by atoms with E-state index in [0.29, 0.717) is 18.4 Å². The largest absolute Gasteiger partial charge is 0.341 e. The number of amides is 1. The Morgan fingerprint density at radius 3 is 3.06 bits per heavy atom. The molecule has 1 amide bonds. The van der Waals surface area contributed by atoms with Crippen LogP contribution < -0.4 is 5.32 Å². The second-order valence-electron chi connectivity index (χ2n) is 5.06. The Morgan fingerprint density at radius 1 is 1.50 bits per heavy atom. The lowest BCUT2D eigenvalue weighted by molar-refractivity contribution is -0.129. The lowest BCUT2D eigenvalue weighted by Gasteiger charge is -2.15. The molecule has 1 aliphatic heterocycles. The van der Waals surface area contributed by atoms with Gasteiger partial charge in [-0.1, -0.05) is 12.1 Å². The summed E-state index contributed by atoms with van der Waals surface area (Å²) in [6.45, 7) is 3.44. The molecular formula is C12H18N4O2. The first-order valence-electron chi connectivity index (χ1n) is 6.64. The van der Waals surface area contributed by atoms with Crippen LogP contribution >= 0.6 is 0 Å². The molecular weight excluding hydrogens is 232 g/mol. The minimum absolute atomic E-state index is 0.212. The van der Waals surface area contributed by atoms with Crippen LogP contribution in [0.25, 0.3) is 0 Å². The number of hydrogen-bond donors (Lipinski definition) is 1. The lowest BCUT2D eigenvalue weighted by atomic mass is 10.3. The van der Waals surface area contributed by atoms with Gasteiger partial charge in [0.2, 0.25) is 5.91 Å². The highest BCUT2D eigenvalue weighted by atomic mass is 16.5. The van der Waals surface area contributed by atoms with Crippen molar-refractivity contribution in [3.63, 3.8) is 0 Å². The Labute approximate surface area is 106 Å². The van der Waals surface area contributed by atoms with Gasteiger partial charge in [0.15, 0.2) is 5.82 Å². The van der Waals surface area contributed by atoms with Gasteiger partial charge >= 0.3 is 6.01 Å². The first-order valence-corrected chi connectivity index (χ1v) is 6.64. The van der Waals surface area contributed by atoms with Crippen molar-refractivity contribution in [1.82, 2.24) is 15.0 Å². The van der Waals surface area contributed by atoms with Gasteiger partial charge in [-0.25, -0.2) is 0 Å². The summed E-state index contributed by atoms with van der Waals surface area (Å²) < 4.78 is 5.17. The standard InChI is InChI=1S/C12H18N4O2/c1-2-10(17)16-6-5-9(7-16)13-12-14-11(15-18-12)8-3-4-8/h8-9H,2-7H2,1H3,(H,13,14,15)/t9-/m0/s1. The number of hydrogen-bond acceptors (Lipinski definition) is 5. The predicted molar refractivity (Wildman–Crippen MR) is 65.2 cm³/mol. The molecule has 1 aromatic rings. The van der Waals surface area contributed by atoms with Gasteiger partial charge in [0.25, 0.3) is 0 Å². The van der Waals surface area contributed by atoms with Gasteiger partial charge in [0.1, 0.15) is 0 Å². The Hall–Kier alpha value is -1.59. The van der Waals surface area contributed by atoms with Crippen LogP contribution in [-0.2, 0) is 4.79 Å². The average molecular weight is 250 g/mol. The molecule has 6 nitrogen and oxygen atoms in total. The lowest BCUT2D eigenvalue weighted by Crippen LogP contribution is -2.30. The van der Waals surface area contributed by atoms with E-state index < -0.39 is 0 Å². The Morgan fingerprint density at radius 2 is 2.33 bits per heavy atom. The number of carbonyl (C=O) groups is 1. The van der Waals surface area contributed by atoms with Crippen molar-refractivity contribution in [1.29, 1.82) is 0 Å². The van der Waals surface area contributed by atoms with E-state index in [1.807, 2.05) is 11.8 Å². The first-order chi connectivity index (χ1) is 8.76. The minimum Gasteiger partial charge on any atom is -0.341 e. The van der Waals surface area contributed by atoms with Gasteiger partial charge < -0.3 is 14.7 Å². The summed E-state index contributed by atoms with van der Waals surface area (Å²) in [6.07, 6.45) is 3.84. The summed E-state index contributed by atoms with van der Waals surface area (Å²) in [6, 6.07) is 0.723. The molecule has 2 heterocycles. The molecule has 1 saturated heterocycles. The molecule has 1 N–H and O–H groups in total. The number of nitrogens with one attached hydrogen (secondary N) is 1. The van der Waals surface area contributed by atoms with Gasteiger partial charge in [0, 0.05) is 31.5 Å². The van der Waals surface area contributed by atoms with E-state index >= 15 is 0 Å². The molecule has 1 atom stereocenters. The van der Waals surface area contributed by atoms with Crippen LogP contribution in [0.15, 0.2) is 4.52 Å². The van der Waals surface area contributed by atoms with Crippen LogP contribution in [-0.4, -0.2) is 40.1 Å². The second kappa shape index (κ2) is 4.59. The summed E-state index contributed by atoms with van der Waals surface area (Å²) in [5.74, 6) is 1.53. The van der Waals surface area contributed by atoms with E-state index in [9.17, 15) is 4.79 Å². The number of nitrogens with zero attached hydrogens (tertiary/aromatic N) is 3. The number of likely N-dealkylation sites (tertiary alicyclic amines) is 1. The van der Waals surface area contributed by atoms with Crippen molar-refractivity contribution in [2.24, 2.45) is 0 Å². The van der Waals surface area contributed by atoms with Gasteiger partial charge in [-0.15, -0.1) is 0 Å². The van der Waals surface area contributed by atoms with Crippen LogP contribution in [0.4, 0.5) is 6.01 Å². The van der Waals surface area contributed by atoms with Gasteiger partial charge in [-0.3, -0.25) is 4.79 Å². The highest BCUT2D eigenvalue weighted by Crippen LogP contribution is 2.38. The van der Waals surface area contributed by atoms with Gasteiger partial charge in [-0.2, -0.15) is 4.98 Å². The zero-order valence-corrected chi connectivity index (χ0v) is 10.6. The van der Waals surface area contributed by atoms with E-state index in [-0.39, 0.29) is 11.9 Å². The highest BCUT2D eigenvalue weighted by molar-refractivity contribution is 5.76. The molecule has 18 heavy (non-hydrogen) atoms. The fourth-order valence-electron chi connectivity index (χ4n) is 2.30.